The molecule has 2 rings (SSSR count). The third kappa shape index (κ3) is 3.96. The van der Waals surface area contributed by atoms with Gasteiger partial charge in [-0.05, 0) is 30.8 Å². The molecule has 1 saturated heterocycles. The largest absolute Gasteiger partial charge is 0.338 e. The van der Waals surface area contributed by atoms with Crippen LogP contribution in [0, 0.1) is 0 Å². The van der Waals surface area contributed by atoms with Crippen molar-refractivity contribution in [2.45, 2.75) is 19.9 Å². The summed E-state index contributed by atoms with van der Waals surface area (Å²) in [5.41, 5.74) is 0.981. The van der Waals surface area contributed by atoms with Crippen LogP contribution in [-0.2, 0) is 4.79 Å². The van der Waals surface area contributed by atoms with Crippen molar-refractivity contribution in [3.63, 3.8) is 0 Å². The average molecular weight is 310 g/mol. The van der Waals surface area contributed by atoms with Crippen molar-refractivity contribution < 1.29 is 4.79 Å². The fourth-order valence-electron chi connectivity index (χ4n) is 2.83. The van der Waals surface area contributed by atoms with Gasteiger partial charge in [0.25, 0.3) is 0 Å². The molecule has 1 aromatic rings. The minimum atomic E-state index is -0.239. The summed E-state index contributed by atoms with van der Waals surface area (Å²) in [6, 6.07) is 7.43. The summed E-state index contributed by atoms with van der Waals surface area (Å²) in [5, 5.41) is 3.96. The minimum Gasteiger partial charge on any atom is -0.338 e. The fourth-order valence-corrected chi connectivity index (χ4v) is 3.03. The molecule has 1 aliphatic rings. The monoisotopic (exact) mass is 309 g/mol. The smallest absolute Gasteiger partial charge is 0.244 e. The second-order valence-electron chi connectivity index (χ2n) is 5.25. The van der Waals surface area contributed by atoms with Gasteiger partial charge in [-0.25, -0.2) is 0 Å². The average Bonchev–Trinajstić information content (AvgIpc) is 2.52. The molecule has 1 unspecified atom stereocenters. The van der Waals surface area contributed by atoms with Crippen LogP contribution in [-0.4, -0.2) is 55.0 Å². The van der Waals surface area contributed by atoms with Gasteiger partial charge in [0.15, 0.2) is 0 Å². The maximum atomic E-state index is 13.0. The Bertz CT molecular complexity index is 470. The molecule has 1 atom stereocenters. The number of piperazine rings is 1. The lowest BCUT2D eigenvalue weighted by Crippen LogP contribution is -2.50. The molecule has 0 aliphatic carbocycles. The van der Waals surface area contributed by atoms with E-state index in [0.29, 0.717) is 5.02 Å². The van der Waals surface area contributed by atoms with Crippen molar-refractivity contribution in [1.82, 2.24) is 15.1 Å². The molecule has 116 valence electrons. The first-order valence-electron chi connectivity index (χ1n) is 7.66. The molecule has 1 aliphatic heterocycles. The summed E-state index contributed by atoms with van der Waals surface area (Å²) in [6.45, 7) is 9.14. The number of likely N-dealkylation sites (N-methyl/N-ethyl adjacent to an activating group) is 1. The number of nitrogens with zero attached hydrogens (tertiary/aromatic N) is 2. The van der Waals surface area contributed by atoms with E-state index in [9.17, 15) is 4.79 Å². The molecule has 1 aromatic carbocycles. The predicted octanol–water partition coefficient (Wildman–Crippen LogP) is 2.15. The lowest BCUT2D eigenvalue weighted by Gasteiger charge is -2.35. The zero-order valence-corrected chi connectivity index (χ0v) is 13.6. The van der Waals surface area contributed by atoms with Crippen molar-refractivity contribution in [3.05, 3.63) is 34.9 Å². The summed E-state index contributed by atoms with van der Waals surface area (Å²) < 4.78 is 0. The molecule has 1 heterocycles. The van der Waals surface area contributed by atoms with E-state index in [0.717, 1.165) is 44.8 Å². The highest BCUT2D eigenvalue weighted by Crippen LogP contribution is 2.25. The second-order valence-corrected chi connectivity index (χ2v) is 5.69. The van der Waals surface area contributed by atoms with Gasteiger partial charge in [-0.3, -0.25) is 9.69 Å². The molecule has 4 nitrogen and oxygen atoms in total. The van der Waals surface area contributed by atoms with Crippen LogP contribution in [0.4, 0.5) is 0 Å². The van der Waals surface area contributed by atoms with Gasteiger partial charge in [-0.15, -0.1) is 0 Å². The van der Waals surface area contributed by atoms with Crippen LogP contribution < -0.4 is 5.32 Å². The van der Waals surface area contributed by atoms with Gasteiger partial charge in [0.05, 0.1) is 0 Å². The number of hydrogen-bond acceptors (Lipinski definition) is 3. The third-order valence-electron chi connectivity index (χ3n) is 4.00. The van der Waals surface area contributed by atoms with Crippen LogP contribution in [0.1, 0.15) is 25.5 Å². The van der Waals surface area contributed by atoms with Crippen molar-refractivity contribution in [2.24, 2.45) is 0 Å². The van der Waals surface area contributed by atoms with Crippen LogP contribution in [0.5, 0.6) is 0 Å². The molecular weight excluding hydrogens is 286 g/mol. The maximum Gasteiger partial charge on any atom is 0.244 e. The quantitative estimate of drug-likeness (QED) is 0.905. The van der Waals surface area contributed by atoms with Gasteiger partial charge in [0.1, 0.15) is 6.04 Å². The molecule has 1 fully saturated rings. The lowest BCUT2D eigenvalue weighted by atomic mass is 10.0. The van der Waals surface area contributed by atoms with Crippen LogP contribution in [0.15, 0.2) is 24.3 Å². The molecule has 0 radical (unpaired) electrons. The molecule has 0 aromatic heterocycles. The Balaban J connectivity index is 2.28. The molecular formula is C16H24ClN3O. The van der Waals surface area contributed by atoms with Crippen molar-refractivity contribution in [3.8, 4) is 0 Å². The van der Waals surface area contributed by atoms with Crippen molar-refractivity contribution >= 4 is 17.5 Å². The Morgan fingerprint density at radius 3 is 2.57 bits per heavy atom. The SMILES string of the molecule is CCN(CC)C(C(=O)N1CCNCC1)c1cccc(Cl)c1. The molecule has 1 amide bonds. The lowest BCUT2D eigenvalue weighted by molar-refractivity contribution is -0.137. The molecule has 1 N–H and O–H groups in total. The molecule has 0 spiro atoms. The number of rotatable bonds is 5. The Morgan fingerprint density at radius 2 is 2.00 bits per heavy atom. The molecule has 0 saturated carbocycles. The van der Waals surface area contributed by atoms with Gasteiger partial charge in [0.2, 0.25) is 5.91 Å². The number of hydrogen-bond donors (Lipinski definition) is 1. The summed E-state index contributed by atoms with van der Waals surface area (Å²) >= 11 is 6.12. The van der Waals surface area contributed by atoms with E-state index in [1.165, 1.54) is 0 Å². The fraction of sp³-hybridized carbons (Fsp3) is 0.562. The maximum absolute atomic E-state index is 13.0. The van der Waals surface area contributed by atoms with Crippen LogP contribution >= 0.6 is 11.6 Å². The van der Waals surface area contributed by atoms with E-state index < -0.39 is 0 Å². The first kappa shape index (κ1) is 16.3. The molecule has 21 heavy (non-hydrogen) atoms. The van der Waals surface area contributed by atoms with E-state index in [1.807, 2.05) is 29.2 Å². The van der Waals surface area contributed by atoms with Gasteiger partial charge in [-0.2, -0.15) is 0 Å². The highest BCUT2D eigenvalue weighted by molar-refractivity contribution is 6.30. The van der Waals surface area contributed by atoms with Gasteiger partial charge >= 0.3 is 0 Å². The Labute approximate surface area is 132 Å². The molecule has 0 bridgehead atoms. The number of nitrogens with one attached hydrogen (secondary N) is 1. The third-order valence-corrected chi connectivity index (χ3v) is 4.24. The number of carbonyl (C=O) groups is 1. The van der Waals surface area contributed by atoms with E-state index in [1.54, 1.807) is 0 Å². The number of carbonyl (C=O) groups excluding carboxylic acids is 1. The van der Waals surface area contributed by atoms with E-state index in [-0.39, 0.29) is 11.9 Å². The second kappa shape index (κ2) is 7.78. The summed E-state index contributed by atoms with van der Waals surface area (Å²) in [7, 11) is 0. The standard InChI is InChI=1S/C16H24ClN3O/c1-3-19(4-2)15(13-6-5-7-14(17)12-13)16(21)20-10-8-18-9-11-20/h5-7,12,15,18H,3-4,8-11H2,1-2H3. The van der Waals surface area contributed by atoms with E-state index >= 15 is 0 Å². The molecule has 5 heteroatoms. The highest BCUT2D eigenvalue weighted by Gasteiger charge is 2.30. The van der Waals surface area contributed by atoms with E-state index in [4.69, 9.17) is 11.6 Å². The zero-order valence-electron chi connectivity index (χ0n) is 12.8. The predicted molar refractivity (Wildman–Crippen MR) is 86.6 cm³/mol. The normalized spacial score (nSPS) is 17.0. The van der Waals surface area contributed by atoms with Gasteiger partial charge < -0.3 is 10.2 Å². The summed E-state index contributed by atoms with van der Waals surface area (Å²) in [6.07, 6.45) is 0. The Morgan fingerprint density at radius 1 is 1.33 bits per heavy atom. The van der Waals surface area contributed by atoms with E-state index in [2.05, 4.69) is 24.1 Å². The topological polar surface area (TPSA) is 35.6 Å². The minimum absolute atomic E-state index is 0.183. The highest BCUT2D eigenvalue weighted by atomic mass is 35.5. The van der Waals surface area contributed by atoms with Gasteiger partial charge in [-0.1, -0.05) is 37.6 Å². The first-order valence-corrected chi connectivity index (χ1v) is 8.04. The van der Waals surface area contributed by atoms with Crippen molar-refractivity contribution in [1.29, 1.82) is 0 Å². The number of amides is 1. The van der Waals surface area contributed by atoms with Crippen LogP contribution in [0.3, 0.4) is 0 Å². The number of halogens is 1. The van der Waals surface area contributed by atoms with Crippen LogP contribution in [0.25, 0.3) is 0 Å². The zero-order chi connectivity index (χ0) is 15.2. The summed E-state index contributed by atoms with van der Waals surface area (Å²) in [4.78, 5) is 17.1. The Hall–Kier alpha value is -1.10. The van der Waals surface area contributed by atoms with Crippen molar-refractivity contribution in [2.75, 3.05) is 39.3 Å². The first-order chi connectivity index (χ1) is 10.2. The van der Waals surface area contributed by atoms with Crippen LogP contribution in [0.2, 0.25) is 5.02 Å². The van der Waals surface area contributed by atoms with Gasteiger partial charge in [0, 0.05) is 31.2 Å². The summed E-state index contributed by atoms with van der Waals surface area (Å²) in [5.74, 6) is 0.183. The number of benzene rings is 1. The Kier molecular flexibility index (Phi) is 6.03.